The summed E-state index contributed by atoms with van der Waals surface area (Å²) in [4.78, 5) is 12.2. The highest BCUT2D eigenvalue weighted by atomic mass is 32.2. The van der Waals surface area contributed by atoms with E-state index >= 15 is 0 Å². The molecular weight excluding hydrogens is 352 g/mol. The van der Waals surface area contributed by atoms with Crippen LogP contribution in [-0.2, 0) is 14.8 Å². The molecule has 0 bridgehead atoms. The molecule has 24 heavy (non-hydrogen) atoms. The van der Waals surface area contributed by atoms with E-state index in [1.54, 1.807) is 12.1 Å². The van der Waals surface area contributed by atoms with Crippen LogP contribution in [0.3, 0.4) is 0 Å². The summed E-state index contributed by atoms with van der Waals surface area (Å²) in [5.74, 6) is -0.634. The van der Waals surface area contributed by atoms with Crippen LogP contribution >= 0.6 is 11.7 Å². The Kier molecular flexibility index (Phi) is 5.09. The van der Waals surface area contributed by atoms with Crippen LogP contribution in [0.25, 0.3) is 11.0 Å². The van der Waals surface area contributed by atoms with Gasteiger partial charge in [0, 0.05) is 19.6 Å². The fraction of sp³-hybridized carbons (Fsp3) is 0.500. The quantitative estimate of drug-likeness (QED) is 0.777. The van der Waals surface area contributed by atoms with Gasteiger partial charge < -0.3 is 10.4 Å². The number of hydrogen-bond donors (Lipinski definition) is 2. The number of aliphatic hydroxyl groups is 1. The molecule has 1 aliphatic heterocycles. The van der Waals surface area contributed by atoms with Crippen molar-refractivity contribution in [2.45, 2.75) is 17.7 Å². The molecule has 1 unspecified atom stereocenters. The number of sulfonamides is 1. The number of fused-ring (bicyclic) bond motifs is 1. The molecule has 1 aromatic heterocycles. The summed E-state index contributed by atoms with van der Waals surface area (Å²) in [7, 11) is -3.74. The Labute approximate surface area is 143 Å². The Morgan fingerprint density at radius 1 is 1.42 bits per heavy atom. The molecular formula is C14H18N4O4S2. The molecule has 1 atom stereocenters. The fourth-order valence-corrected chi connectivity index (χ4v) is 5.10. The Bertz CT molecular complexity index is 836. The predicted molar refractivity (Wildman–Crippen MR) is 89.0 cm³/mol. The summed E-state index contributed by atoms with van der Waals surface area (Å²) in [5.41, 5.74) is 0.921. The Hall–Kier alpha value is -1.62. The zero-order chi connectivity index (χ0) is 17.2. The zero-order valence-corrected chi connectivity index (χ0v) is 14.5. The van der Waals surface area contributed by atoms with Gasteiger partial charge in [0.15, 0.2) is 0 Å². The molecule has 8 nitrogen and oxygen atoms in total. The molecule has 0 saturated carbocycles. The number of piperidine rings is 1. The minimum absolute atomic E-state index is 0.130. The number of amides is 1. The number of carbonyl (C=O) groups is 1. The van der Waals surface area contributed by atoms with Gasteiger partial charge in [0.05, 0.1) is 24.3 Å². The highest BCUT2D eigenvalue weighted by Gasteiger charge is 2.34. The normalized spacial score (nSPS) is 19.5. The summed E-state index contributed by atoms with van der Waals surface area (Å²) in [6.07, 6.45) is 1.24. The first-order chi connectivity index (χ1) is 11.5. The molecule has 3 rings (SSSR count). The third kappa shape index (κ3) is 3.27. The largest absolute Gasteiger partial charge is 0.395 e. The molecule has 1 saturated heterocycles. The van der Waals surface area contributed by atoms with Crippen LogP contribution in [-0.4, -0.2) is 58.7 Å². The number of benzene rings is 1. The van der Waals surface area contributed by atoms with E-state index in [1.165, 1.54) is 10.4 Å². The number of aromatic nitrogens is 2. The number of carbonyl (C=O) groups excluding carboxylic acids is 1. The fourth-order valence-electron chi connectivity index (χ4n) is 2.83. The minimum atomic E-state index is -3.74. The average molecular weight is 370 g/mol. The van der Waals surface area contributed by atoms with Gasteiger partial charge in [-0.25, -0.2) is 8.42 Å². The topological polar surface area (TPSA) is 112 Å². The standard InChI is InChI=1S/C14H18N4O4S2/c19-8-6-15-14(20)10-3-2-7-18(9-10)24(21,22)12-5-1-4-11-13(12)17-23-16-11/h1,4-5,10,19H,2-3,6-9H2,(H,15,20). The summed E-state index contributed by atoms with van der Waals surface area (Å²) >= 11 is 0.974. The first-order valence-corrected chi connectivity index (χ1v) is 9.81. The molecule has 0 radical (unpaired) electrons. The van der Waals surface area contributed by atoms with E-state index in [-0.39, 0.29) is 30.5 Å². The number of nitrogens with one attached hydrogen (secondary N) is 1. The summed E-state index contributed by atoms with van der Waals surface area (Å²) in [6, 6.07) is 4.89. The lowest BCUT2D eigenvalue weighted by Crippen LogP contribution is -2.45. The van der Waals surface area contributed by atoms with Crippen molar-refractivity contribution >= 4 is 38.7 Å². The number of hydrogen-bond acceptors (Lipinski definition) is 7. The van der Waals surface area contributed by atoms with E-state index in [0.717, 1.165) is 11.7 Å². The van der Waals surface area contributed by atoms with Crippen molar-refractivity contribution in [3.8, 4) is 0 Å². The van der Waals surface area contributed by atoms with Gasteiger partial charge in [0.2, 0.25) is 15.9 Å². The first kappa shape index (κ1) is 17.2. The van der Waals surface area contributed by atoms with Crippen LogP contribution in [0, 0.1) is 5.92 Å². The molecule has 10 heteroatoms. The van der Waals surface area contributed by atoms with Crippen LogP contribution in [0.15, 0.2) is 23.1 Å². The van der Waals surface area contributed by atoms with Crippen LogP contribution in [0.2, 0.25) is 0 Å². The SMILES string of the molecule is O=C(NCCO)C1CCCN(S(=O)(=O)c2cccc3nsnc23)C1. The molecule has 2 N–H and O–H groups in total. The predicted octanol–water partition coefficient (Wildman–Crippen LogP) is 0.200. The smallest absolute Gasteiger partial charge is 0.245 e. The zero-order valence-electron chi connectivity index (χ0n) is 12.9. The van der Waals surface area contributed by atoms with Crippen molar-refractivity contribution in [2.24, 2.45) is 5.92 Å². The lowest BCUT2D eigenvalue weighted by atomic mass is 9.99. The van der Waals surface area contributed by atoms with Gasteiger partial charge in [-0.3, -0.25) is 4.79 Å². The van der Waals surface area contributed by atoms with Crippen molar-refractivity contribution < 1.29 is 18.3 Å². The third-order valence-corrected chi connectivity index (χ3v) is 6.47. The van der Waals surface area contributed by atoms with Gasteiger partial charge in [-0.1, -0.05) is 6.07 Å². The lowest BCUT2D eigenvalue weighted by Gasteiger charge is -2.31. The van der Waals surface area contributed by atoms with Crippen LogP contribution < -0.4 is 5.32 Å². The van der Waals surface area contributed by atoms with Crippen molar-refractivity contribution in [1.82, 2.24) is 18.4 Å². The molecule has 0 aliphatic carbocycles. The average Bonchev–Trinajstić information content (AvgIpc) is 3.08. The van der Waals surface area contributed by atoms with Gasteiger partial charge in [0.25, 0.3) is 0 Å². The molecule has 1 fully saturated rings. The summed E-state index contributed by atoms with van der Waals surface area (Å²) < 4.78 is 35.5. The number of rotatable bonds is 5. The van der Waals surface area contributed by atoms with E-state index in [9.17, 15) is 13.2 Å². The number of aliphatic hydroxyl groups excluding tert-OH is 1. The van der Waals surface area contributed by atoms with E-state index in [4.69, 9.17) is 5.11 Å². The van der Waals surface area contributed by atoms with Gasteiger partial charge >= 0.3 is 0 Å². The summed E-state index contributed by atoms with van der Waals surface area (Å²) in [5, 5.41) is 11.4. The van der Waals surface area contributed by atoms with E-state index in [1.807, 2.05) is 0 Å². The summed E-state index contributed by atoms with van der Waals surface area (Å²) in [6.45, 7) is 0.540. The second-order valence-corrected chi connectivity index (χ2v) is 8.04. The Morgan fingerprint density at radius 3 is 3.04 bits per heavy atom. The van der Waals surface area contributed by atoms with E-state index < -0.39 is 15.9 Å². The van der Waals surface area contributed by atoms with Crippen LogP contribution in [0.5, 0.6) is 0 Å². The van der Waals surface area contributed by atoms with Gasteiger partial charge in [0.1, 0.15) is 15.9 Å². The van der Waals surface area contributed by atoms with E-state index in [2.05, 4.69) is 14.1 Å². The highest BCUT2D eigenvalue weighted by Crippen LogP contribution is 2.28. The molecule has 1 aliphatic rings. The lowest BCUT2D eigenvalue weighted by molar-refractivity contribution is -0.126. The van der Waals surface area contributed by atoms with Gasteiger partial charge in [-0.2, -0.15) is 13.1 Å². The molecule has 1 aromatic carbocycles. The van der Waals surface area contributed by atoms with Crippen molar-refractivity contribution in [2.75, 3.05) is 26.2 Å². The van der Waals surface area contributed by atoms with Crippen LogP contribution in [0.4, 0.5) is 0 Å². The molecule has 0 spiro atoms. The second-order valence-electron chi connectivity index (χ2n) is 5.60. The molecule has 1 amide bonds. The Balaban J connectivity index is 1.84. The van der Waals surface area contributed by atoms with Gasteiger partial charge in [-0.15, -0.1) is 0 Å². The Morgan fingerprint density at radius 2 is 2.25 bits per heavy atom. The monoisotopic (exact) mass is 370 g/mol. The maximum atomic E-state index is 13.0. The van der Waals surface area contributed by atoms with Crippen LogP contribution in [0.1, 0.15) is 12.8 Å². The van der Waals surface area contributed by atoms with Crippen molar-refractivity contribution in [1.29, 1.82) is 0 Å². The molecule has 130 valence electrons. The maximum absolute atomic E-state index is 13.0. The maximum Gasteiger partial charge on any atom is 0.245 e. The first-order valence-electron chi connectivity index (χ1n) is 7.64. The molecule has 2 aromatic rings. The van der Waals surface area contributed by atoms with Crippen molar-refractivity contribution in [3.63, 3.8) is 0 Å². The number of nitrogens with zero attached hydrogens (tertiary/aromatic N) is 3. The molecule has 2 heterocycles. The minimum Gasteiger partial charge on any atom is -0.395 e. The third-order valence-electron chi connectivity index (χ3n) is 4.03. The van der Waals surface area contributed by atoms with E-state index in [0.29, 0.717) is 30.4 Å². The second kappa shape index (κ2) is 7.09. The van der Waals surface area contributed by atoms with Gasteiger partial charge in [-0.05, 0) is 25.0 Å². The van der Waals surface area contributed by atoms with Crippen molar-refractivity contribution in [3.05, 3.63) is 18.2 Å². The highest BCUT2D eigenvalue weighted by molar-refractivity contribution is 7.89.